The molecule has 0 saturated heterocycles. The fourth-order valence-corrected chi connectivity index (χ4v) is 0.997. The van der Waals surface area contributed by atoms with E-state index in [9.17, 15) is 0 Å². The third-order valence-corrected chi connectivity index (χ3v) is 1.82. The van der Waals surface area contributed by atoms with Gasteiger partial charge in [-0.25, -0.2) is 0 Å². The summed E-state index contributed by atoms with van der Waals surface area (Å²) in [7, 11) is 0. The molecule has 0 radical (unpaired) electrons. The van der Waals surface area contributed by atoms with Crippen LogP contribution in [0.4, 0.5) is 0 Å². The summed E-state index contributed by atoms with van der Waals surface area (Å²) in [5.74, 6) is 0. The molecule has 13 heavy (non-hydrogen) atoms. The molecule has 0 bridgehead atoms. The Labute approximate surface area is 83.8 Å². The fourth-order valence-electron chi connectivity index (χ4n) is 0.726. The van der Waals surface area contributed by atoms with E-state index < -0.39 is 31.0 Å². The van der Waals surface area contributed by atoms with Gasteiger partial charge in [0.1, 0.15) is 24.4 Å². The first-order valence-electron chi connectivity index (χ1n) is 3.61. The molecule has 0 saturated carbocycles. The molecule has 0 heterocycles. The van der Waals surface area contributed by atoms with Crippen LogP contribution in [0.5, 0.6) is 0 Å². The standard InChI is InChI=1S/C6H13BrO6/c7-13-2-4(10)6(12)5(11)3(9)1-8/h3-6,8-12H,1-2H2/t3-,4-,5-,6-/m1/s1. The summed E-state index contributed by atoms with van der Waals surface area (Å²) in [6, 6.07) is 0. The van der Waals surface area contributed by atoms with E-state index in [1.807, 2.05) is 0 Å². The number of hydrogen-bond donors (Lipinski definition) is 5. The lowest BCUT2D eigenvalue weighted by molar-refractivity contribution is -0.120. The Balaban J connectivity index is 3.99. The van der Waals surface area contributed by atoms with Crippen molar-refractivity contribution in [1.82, 2.24) is 0 Å². The van der Waals surface area contributed by atoms with Crippen molar-refractivity contribution in [2.45, 2.75) is 24.4 Å². The highest BCUT2D eigenvalue weighted by Gasteiger charge is 2.29. The summed E-state index contributed by atoms with van der Waals surface area (Å²) < 4.78 is 4.34. The van der Waals surface area contributed by atoms with E-state index in [1.165, 1.54) is 0 Å². The van der Waals surface area contributed by atoms with Crippen molar-refractivity contribution in [2.75, 3.05) is 13.2 Å². The van der Waals surface area contributed by atoms with Gasteiger partial charge in [-0.1, -0.05) is 0 Å². The molecule has 0 aliphatic heterocycles. The van der Waals surface area contributed by atoms with Gasteiger partial charge >= 0.3 is 0 Å². The van der Waals surface area contributed by atoms with Crippen molar-refractivity contribution in [3.05, 3.63) is 0 Å². The summed E-state index contributed by atoms with van der Waals surface area (Å²) in [5.41, 5.74) is 0. The number of aliphatic hydroxyl groups excluding tert-OH is 5. The summed E-state index contributed by atoms with van der Waals surface area (Å²) >= 11 is 2.56. The molecular weight excluding hydrogens is 248 g/mol. The maximum Gasteiger partial charge on any atom is 0.111 e. The van der Waals surface area contributed by atoms with Gasteiger partial charge in [0.2, 0.25) is 0 Å². The van der Waals surface area contributed by atoms with Crippen LogP contribution in [-0.2, 0) is 3.83 Å². The summed E-state index contributed by atoms with van der Waals surface area (Å²) in [5, 5.41) is 44.6. The Kier molecular flexibility index (Phi) is 6.78. The molecule has 6 nitrogen and oxygen atoms in total. The Bertz CT molecular complexity index is 134. The molecule has 80 valence electrons. The number of rotatable bonds is 6. The molecule has 7 heteroatoms. The van der Waals surface area contributed by atoms with Crippen molar-refractivity contribution < 1.29 is 29.4 Å². The molecule has 5 N–H and O–H groups in total. The van der Waals surface area contributed by atoms with Crippen molar-refractivity contribution in [3.8, 4) is 0 Å². The molecule has 0 aliphatic carbocycles. The van der Waals surface area contributed by atoms with E-state index in [0.717, 1.165) is 0 Å². The van der Waals surface area contributed by atoms with Gasteiger partial charge in [0, 0.05) is 0 Å². The predicted molar refractivity (Wildman–Crippen MR) is 46.0 cm³/mol. The minimum absolute atomic E-state index is 0.240. The van der Waals surface area contributed by atoms with E-state index in [1.54, 1.807) is 0 Å². The van der Waals surface area contributed by atoms with Crippen molar-refractivity contribution >= 4 is 16.3 Å². The lowest BCUT2D eigenvalue weighted by Crippen LogP contribution is -2.47. The minimum atomic E-state index is -1.61. The van der Waals surface area contributed by atoms with Crippen molar-refractivity contribution in [2.24, 2.45) is 0 Å². The molecule has 0 spiro atoms. The summed E-state index contributed by atoms with van der Waals surface area (Å²) in [4.78, 5) is 0. The Morgan fingerprint density at radius 3 is 1.85 bits per heavy atom. The normalized spacial score (nSPS) is 20.8. The molecule has 0 aliphatic rings. The fraction of sp³-hybridized carbons (Fsp3) is 1.00. The summed E-state index contributed by atoms with van der Waals surface area (Å²) in [6.45, 7) is -0.934. The zero-order chi connectivity index (χ0) is 10.4. The molecule has 0 fully saturated rings. The maximum absolute atomic E-state index is 9.15. The molecule has 0 unspecified atom stereocenters. The van der Waals surface area contributed by atoms with Gasteiger partial charge < -0.3 is 29.4 Å². The van der Waals surface area contributed by atoms with Gasteiger partial charge in [-0.3, -0.25) is 0 Å². The van der Waals surface area contributed by atoms with Crippen LogP contribution in [0, 0.1) is 0 Å². The first-order chi connectivity index (χ1) is 6.04. The van der Waals surface area contributed by atoms with E-state index in [0.29, 0.717) is 0 Å². The van der Waals surface area contributed by atoms with Crippen LogP contribution < -0.4 is 0 Å². The van der Waals surface area contributed by atoms with Crippen molar-refractivity contribution in [1.29, 1.82) is 0 Å². The van der Waals surface area contributed by atoms with Gasteiger partial charge in [-0.05, 0) is 0 Å². The predicted octanol–water partition coefficient (Wildman–Crippen LogP) is -2.25. The van der Waals surface area contributed by atoms with Crippen LogP contribution in [0.1, 0.15) is 0 Å². The highest BCUT2D eigenvalue weighted by Crippen LogP contribution is 2.06. The molecule has 4 atom stereocenters. The number of hydrogen-bond acceptors (Lipinski definition) is 6. The zero-order valence-electron chi connectivity index (χ0n) is 6.75. The molecular formula is C6H13BrO6. The van der Waals surface area contributed by atoms with Crippen LogP contribution >= 0.6 is 16.3 Å². The second kappa shape index (κ2) is 6.66. The number of halogens is 1. The third-order valence-electron chi connectivity index (χ3n) is 1.56. The SMILES string of the molecule is OC[C@@H](O)[C@@H](O)[C@H](O)[C@H](O)COBr. The average Bonchev–Trinajstić information content (AvgIpc) is 2.14. The zero-order valence-corrected chi connectivity index (χ0v) is 8.33. The van der Waals surface area contributed by atoms with Gasteiger partial charge in [0.05, 0.1) is 29.5 Å². The highest BCUT2D eigenvalue weighted by molar-refractivity contribution is 9.06. The average molecular weight is 261 g/mol. The molecule has 0 aromatic rings. The first-order valence-corrected chi connectivity index (χ1v) is 4.26. The van der Waals surface area contributed by atoms with E-state index in [4.69, 9.17) is 25.5 Å². The Morgan fingerprint density at radius 2 is 1.46 bits per heavy atom. The second-order valence-electron chi connectivity index (χ2n) is 2.57. The van der Waals surface area contributed by atoms with Crippen LogP contribution in [0.2, 0.25) is 0 Å². The quantitative estimate of drug-likeness (QED) is 0.369. The van der Waals surface area contributed by atoms with Crippen LogP contribution in [0.15, 0.2) is 0 Å². The molecule has 0 rings (SSSR count). The lowest BCUT2D eigenvalue weighted by atomic mass is 10.0. The van der Waals surface area contributed by atoms with Crippen LogP contribution in [-0.4, -0.2) is 63.2 Å². The molecule has 0 amide bonds. The van der Waals surface area contributed by atoms with E-state index in [-0.39, 0.29) is 6.61 Å². The van der Waals surface area contributed by atoms with E-state index in [2.05, 4.69) is 20.1 Å². The smallest absolute Gasteiger partial charge is 0.111 e. The third kappa shape index (κ3) is 4.32. The topological polar surface area (TPSA) is 110 Å². The summed E-state index contributed by atoms with van der Waals surface area (Å²) in [6.07, 6.45) is -6.00. The Morgan fingerprint density at radius 1 is 1.00 bits per heavy atom. The molecule has 0 aromatic carbocycles. The lowest BCUT2D eigenvalue weighted by Gasteiger charge is -2.24. The minimum Gasteiger partial charge on any atom is -0.394 e. The maximum atomic E-state index is 9.15. The monoisotopic (exact) mass is 260 g/mol. The van der Waals surface area contributed by atoms with Gasteiger partial charge in [-0.2, -0.15) is 0 Å². The molecule has 0 aromatic heterocycles. The largest absolute Gasteiger partial charge is 0.394 e. The van der Waals surface area contributed by atoms with E-state index >= 15 is 0 Å². The van der Waals surface area contributed by atoms with Crippen LogP contribution in [0.25, 0.3) is 0 Å². The first kappa shape index (κ1) is 13.2. The van der Waals surface area contributed by atoms with Gasteiger partial charge in [-0.15, -0.1) is 0 Å². The van der Waals surface area contributed by atoms with Gasteiger partial charge in [0.15, 0.2) is 0 Å². The Hall–Kier alpha value is 0.240. The van der Waals surface area contributed by atoms with Crippen molar-refractivity contribution in [3.63, 3.8) is 0 Å². The van der Waals surface area contributed by atoms with Gasteiger partial charge in [0.25, 0.3) is 0 Å². The highest BCUT2D eigenvalue weighted by atomic mass is 79.9. The second-order valence-corrected chi connectivity index (χ2v) is 3.03. The number of aliphatic hydroxyl groups is 5. The van der Waals surface area contributed by atoms with Crippen LogP contribution in [0.3, 0.4) is 0 Å².